The fourth-order valence-corrected chi connectivity index (χ4v) is 2.80. The number of rotatable bonds is 5. The monoisotopic (exact) mass is 299 g/mol. The van der Waals surface area contributed by atoms with E-state index in [-0.39, 0.29) is 0 Å². The summed E-state index contributed by atoms with van der Waals surface area (Å²) in [5, 5.41) is 5.47. The predicted molar refractivity (Wildman–Crippen MR) is 87.7 cm³/mol. The quantitative estimate of drug-likeness (QED) is 0.702. The maximum absolute atomic E-state index is 6.10. The van der Waals surface area contributed by atoms with E-state index in [1.807, 2.05) is 30.5 Å². The number of fused-ring (bicyclic) bond motifs is 1. The Morgan fingerprint density at radius 3 is 3.00 bits per heavy atom. The zero-order valence-corrected chi connectivity index (χ0v) is 12.7. The van der Waals surface area contributed by atoms with Crippen LogP contribution in [0.2, 0.25) is 5.02 Å². The minimum atomic E-state index is 0.783. The minimum absolute atomic E-state index is 0.783. The second-order valence-electron chi connectivity index (χ2n) is 5.21. The number of nitrogens with zero attached hydrogens (tertiary/aromatic N) is 1. The molecular weight excluding hydrogens is 282 g/mol. The Hall–Kier alpha value is -1.84. The van der Waals surface area contributed by atoms with Crippen molar-refractivity contribution in [2.24, 2.45) is 0 Å². The number of aromatic amines is 1. The van der Waals surface area contributed by atoms with Gasteiger partial charge in [-0.15, -0.1) is 0 Å². The van der Waals surface area contributed by atoms with Gasteiger partial charge in [0.15, 0.2) is 0 Å². The van der Waals surface area contributed by atoms with Crippen molar-refractivity contribution in [2.75, 3.05) is 6.54 Å². The molecule has 0 radical (unpaired) electrons. The summed E-state index contributed by atoms with van der Waals surface area (Å²) in [7, 11) is 0. The molecule has 0 spiro atoms. The van der Waals surface area contributed by atoms with E-state index in [0.29, 0.717) is 0 Å². The van der Waals surface area contributed by atoms with Gasteiger partial charge < -0.3 is 10.3 Å². The Balaban J connectivity index is 1.65. The van der Waals surface area contributed by atoms with Gasteiger partial charge in [-0.1, -0.05) is 17.7 Å². The molecular formula is C17H18ClN3. The summed E-state index contributed by atoms with van der Waals surface area (Å²) < 4.78 is 0. The molecule has 1 aromatic carbocycles. The lowest BCUT2D eigenvalue weighted by atomic mass is 10.1. The van der Waals surface area contributed by atoms with E-state index in [0.717, 1.165) is 30.0 Å². The lowest BCUT2D eigenvalue weighted by Gasteiger charge is -2.05. The number of pyridine rings is 1. The number of hydrogen-bond acceptors (Lipinski definition) is 2. The number of aromatic nitrogens is 2. The third-order valence-corrected chi connectivity index (χ3v) is 3.92. The first-order chi connectivity index (χ1) is 10.2. The lowest BCUT2D eigenvalue weighted by Crippen LogP contribution is -2.16. The van der Waals surface area contributed by atoms with E-state index >= 15 is 0 Å². The molecule has 2 N–H and O–H groups in total. The van der Waals surface area contributed by atoms with Crippen LogP contribution in [0.4, 0.5) is 0 Å². The summed E-state index contributed by atoms with van der Waals surface area (Å²) in [6.07, 6.45) is 4.67. The van der Waals surface area contributed by atoms with E-state index in [1.54, 1.807) is 6.20 Å². The number of halogens is 1. The summed E-state index contributed by atoms with van der Waals surface area (Å²) in [6.45, 7) is 3.88. The summed E-state index contributed by atoms with van der Waals surface area (Å²) in [5.41, 5.74) is 4.91. The van der Waals surface area contributed by atoms with Crippen molar-refractivity contribution >= 4 is 22.5 Å². The van der Waals surface area contributed by atoms with Gasteiger partial charge in [0, 0.05) is 40.6 Å². The van der Waals surface area contributed by atoms with E-state index < -0.39 is 0 Å². The molecule has 0 aliphatic heterocycles. The topological polar surface area (TPSA) is 40.7 Å². The molecule has 0 saturated heterocycles. The average molecular weight is 300 g/mol. The molecule has 0 saturated carbocycles. The van der Waals surface area contributed by atoms with Gasteiger partial charge in [0.05, 0.1) is 0 Å². The normalized spacial score (nSPS) is 11.1. The van der Waals surface area contributed by atoms with Gasteiger partial charge in [-0.25, -0.2) is 0 Å². The molecule has 108 valence electrons. The second kappa shape index (κ2) is 6.29. The fourth-order valence-electron chi connectivity index (χ4n) is 2.63. The van der Waals surface area contributed by atoms with Crippen molar-refractivity contribution in [1.29, 1.82) is 0 Å². The molecule has 0 aliphatic rings. The Labute approximate surface area is 129 Å². The van der Waals surface area contributed by atoms with Gasteiger partial charge in [0.1, 0.15) is 0 Å². The van der Waals surface area contributed by atoms with Gasteiger partial charge in [-0.2, -0.15) is 0 Å². The second-order valence-corrected chi connectivity index (χ2v) is 5.64. The van der Waals surface area contributed by atoms with Crippen LogP contribution >= 0.6 is 11.6 Å². The molecule has 3 rings (SSSR count). The first-order valence-corrected chi connectivity index (χ1v) is 7.48. The lowest BCUT2D eigenvalue weighted by molar-refractivity contribution is 0.685. The molecule has 3 aromatic rings. The molecule has 0 bridgehead atoms. The Morgan fingerprint density at radius 2 is 2.19 bits per heavy atom. The van der Waals surface area contributed by atoms with Crippen LogP contribution < -0.4 is 5.32 Å². The van der Waals surface area contributed by atoms with Crippen LogP contribution in [0.3, 0.4) is 0 Å². The van der Waals surface area contributed by atoms with E-state index in [9.17, 15) is 0 Å². The molecule has 0 amide bonds. The van der Waals surface area contributed by atoms with Crippen LogP contribution in [0.15, 0.2) is 42.7 Å². The number of nitrogens with one attached hydrogen (secondary N) is 2. The molecule has 3 nitrogen and oxygen atoms in total. The summed E-state index contributed by atoms with van der Waals surface area (Å²) in [6, 6.07) is 10.0. The van der Waals surface area contributed by atoms with Gasteiger partial charge >= 0.3 is 0 Å². The molecule has 0 fully saturated rings. The zero-order chi connectivity index (χ0) is 14.7. The first-order valence-electron chi connectivity index (χ1n) is 7.10. The van der Waals surface area contributed by atoms with Crippen molar-refractivity contribution in [2.45, 2.75) is 19.9 Å². The van der Waals surface area contributed by atoms with Gasteiger partial charge in [0.2, 0.25) is 0 Å². The van der Waals surface area contributed by atoms with Crippen LogP contribution in [0.5, 0.6) is 0 Å². The van der Waals surface area contributed by atoms with E-state index in [1.165, 1.54) is 22.2 Å². The molecule has 0 aliphatic carbocycles. The molecule has 0 atom stereocenters. The van der Waals surface area contributed by atoms with Crippen molar-refractivity contribution < 1.29 is 0 Å². The average Bonchev–Trinajstić information content (AvgIpc) is 2.80. The smallest absolute Gasteiger partial charge is 0.0459 e. The standard InChI is InChI=1S/C17H18ClN3/c1-12-15(16-9-14(18)4-5-17(16)21-12)6-8-20-11-13-3-2-7-19-10-13/h2-5,7,9-10,20-21H,6,8,11H2,1H3. The maximum Gasteiger partial charge on any atom is 0.0459 e. The highest BCUT2D eigenvalue weighted by molar-refractivity contribution is 6.31. The molecule has 21 heavy (non-hydrogen) atoms. The Kier molecular flexibility index (Phi) is 4.23. The van der Waals surface area contributed by atoms with Crippen LogP contribution in [0.25, 0.3) is 10.9 Å². The first kappa shape index (κ1) is 14.1. The fraction of sp³-hybridized carbons (Fsp3) is 0.235. The van der Waals surface area contributed by atoms with Crippen LogP contribution in [-0.2, 0) is 13.0 Å². The van der Waals surface area contributed by atoms with Crippen LogP contribution in [-0.4, -0.2) is 16.5 Å². The summed E-state index contributed by atoms with van der Waals surface area (Å²) in [5.74, 6) is 0. The van der Waals surface area contributed by atoms with Crippen LogP contribution in [0.1, 0.15) is 16.8 Å². The highest BCUT2D eigenvalue weighted by Crippen LogP contribution is 2.25. The number of hydrogen-bond donors (Lipinski definition) is 2. The van der Waals surface area contributed by atoms with Crippen molar-refractivity contribution in [1.82, 2.24) is 15.3 Å². The number of H-pyrrole nitrogens is 1. The minimum Gasteiger partial charge on any atom is -0.358 e. The van der Waals surface area contributed by atoms with Gasteiger partial charge in [-0.3, -0.25) is 4.98 Å². The van der Waals surface area contributed by atoms with Crippen LogP contribution in [0, 0.1) is 6.92 Å². The van der Waals surface area contributed by atoms with Crippen molar-refractivity contribution in [3.05, 3.63) is 64.6 Å². The summed E-state index contributed by atoms with van der Waals surface area (Å²) in [4.78, 5) is 7.53. The SMILES string of the molecule is Cc1[nH]c2ccc(Cl)cc2c1CCNCc1cccnc1. The van der Waals surface area contributed by atoms with E-state index in [2.05, 4.69) is 28.3 Å². The van der Waals surface area contributed by atoms with Gasteiger partial charge in [-0.05, 0) is 55.3 Å². The predicted octanol–water partition coefficient (Wildman–Crippen LogP) is 3.86. The third-order valence-electron chi connectivity index (χ3n) is 3.69. The van der Waals surface area contributed by atoms with Crippen molar-refractivity contribution in [3.63, 3.8) is 0 Å². The molecule has 2 aromatic heterocycles. The van der Waals surface area contributed by atoms with E-state index in [4.69, 9.17) is 11.6 Å². The zero-order valence-electron chi connectivity index (χ0n) is 12.0. The molecule has 0 unspecified atom stereocenters. The highest BCUT2D eigenvalue weighted by Gasteiger charge is 2.08. The summed E-state index contributed by atoms with van der Waals surface area (Å²) >= 11 is 6.10. The molecule has 4 heteroatoms. The third kappa shape index (κ3) is 3.26. The largest absolute Gasteiger partial charge is 0.358 e. The number of benzene rings is 1. The molecule has 2 heterocycles. The maximum atomic E-state index is 6.10. The Morgan fingerprint density at radius 1 is 1.29 bits per heavy atom. The van der Waals surface area contributed by atoms with Crippen molar-refractivity contribution in [3.8, 4) is 0 Å². The number of aryl methyl sites for hydroxylation is 1. The van der Waals surface area contributed by atoms with Gasteiger partial charge in [0.25, 0.3) is 0 Å². The Bertz CT molecular complexity index is 734. The highest BCUT2D eigenvalue weighted by atomic mass is 35.5.